The number of hydrogen-bond acceptors (Lipinski definition) is 7. The minimum Gasteiger partial charge on any atom is -0.367 e. The van der Waals surface area contributed by atoms with Crippen molar-refractivity contribution in [2.75, 3.05) is 10.6 Å². The number of nitrogens with one attached hydrogen (secondary N) is 3. The molecule has 2 aromatic heterocycles. The Morgan fingerprint density at radius 2 is 2.13 bits per heavy atom. The van der Waals surface area contributed by atoms with Crippen LogP contribution in [0.3, 0.4) is 0 Å². The molecule has 0 saturated heterocycles. The maximum atomic E-state index is 13.7. The predicted molar refractivity (Wildman–Crippen MR) is 110 cm³/mol. The molecule has 4 N–H and O–H groups in total. The molecular formula is C19H17ClFN7O2. The predicted octanol–water partition coefficient (Wildman–Crippen LogP) is 2.23. The Morgan fingerprint density at radius 1 is 1.30 bits per heavy atom. The molecule has 0 radical (unpaired) electrons. The summed E-state index contributed by atoms with van der Waals surface area (Å²) in [7, 11) is 0. The molecule has 2 aliphatic rings. The number of amides is 1. The summed E-state index contributed by atoms with van der Waals surface area (Å²) in [4.78, 5) is 20.4. The van der Waals surface area contributed by atoms with Gasteiger partial charge in [0, 0.05) is 34.8 Å². The fourth-order valence-corrected chi connectivity index (χ4v) is 3.48. The quantitative estimate of drug-likeness (QED) is 0.477. The highest BCUT2D eigenvalue weighted by Gasteiger charge is 2.26. The number of fused-ring (bicyclic) bond motifs is 1. The van der Waals surface area contributed by atoms with E-state index >= 15 is 0 Å². The van der Waals surface area contributed by atoms with Gasteiger partial charge >= 0.3 is 0 Å². The van der Waals surface area contributed by atoms with Crippen LogP contribution in [0, 0.1) is 5.82 Å². The zero-order valence-corrected chi connectivity index (χ0v) is 16.3. The Kier molecular flexibility index (Phi) is 4.52. The molecule has 0 bridgehead atoms. The Balaban J connectivity index is 1.53. The van der Waals surface area contributed by atoms with Gasteiger partial charge in [-0.25, -0.2) is 14.4 Å². The smallest absolute Gasteiger partial charge is 0.269 e. The van der Waals surface area contributed by atoms with Gasteiger partial charge in [-0.1, -0.05) is 11.6 Å². The average Bonchev–Trinajstić information content (AvgIpc) is 3.30. The molecule has 1 atom stereocenters. The molecule has 9 nitrogen and oxygen atoms in total. The standard InChI is InChI=1S/C19H17ClFN7O2/c20-10-4-11(21)6-13(5-10)23-15-7-16(24-12-1-2-12)28-17(26-15)9(8-22-28)3-14-18(29)27-19(30)25-14/h4-8,12,19,24,30H,1-3H2,(H,23,26)(H,27,29). The van der Waals surface area contributed by atoms with Crippen molar-refractivity contribution in [2.45, 2.75) is 31.7 Å². The van der Waals surface area contributed by atoms with Crippen molar-refractivity contribution in [2.24, 2.45) is 4.99 Å². The highest BCUT2D eigenvalue weighted by atomic mass is 35.5. The second kappa shape index (κ2) is 7.22. The fourth-order valence-electron chi connectivity index (χ4n) is 3.26. The summed E-state index contributed by atoms with van der Waals surface area (Å²) in [6.45, 7) is 0. The second-order valence-corrected chi connectivity index (χ2v) is 7.67. The van der Waals surface area contributed by atoms with Gasteiger partial charge in [-0.3, -0.25) is 4.79 Å². The molecule has 1 saturated carbocycles. The number of halogens is 2. The zero-order valence-electron chi connectivity index (χ0n) is 15.6. The van der Waals surface area contributed by atoms with Gasteiger partial charge in [-0.15, -0.1) is 0 Å². The number of aliphatic imine (C=N–C) groups is 1. The van der Waals surface area contributed by atoms with Crippen LogP contribution >= 0.6 is 11.6 Å². The summed E-state index contributed by atoms with van der Waals surface area (Å²) >= 11 is 5.95. The summed E-state index contributed by atoms with van der Waals surface area (Å²) in [6.07, 6.45) is 2.68. The van der Waals surface area contributed by atoms with Crippen LogP contribution in [0.15, 0.2) is 35.5 Å². The van der Waals surface area contributed by atoms with Crippen molar-refractivity contribution in [1.29, 1.82) is 0 Å². The topological polar surface area (TPSA) is 116 Å². The first-order valence-electron chi connectivity index (χ1n) is 9.37. The average molecular weight is 430 g/mol. The van der Waals surface area contributed by atoms with Gasteiger partial charge in [0.1, 0.15) is 23.2 Å². The number of rotatable bonds is 6. The maximum Gasteiger partial charge on any atom is 0.269 e. The number of aromatic nitrogens is 3. The number of nitrogens with zero attached hydrogens (tertiary/aromatic N) is 4. The molecule has 0 spiro atoms. The summed E-state index contributed by atoms with van der Waals surface area (Å²) < 4.78 is 15.4. The minimum atomic E-state index is -1.23. The molecule has 154 valence electrons. The monoisotopic (exact) mass is 429 g/mol. The third-order valence-corrected chi connectivity index (χ3v) is 4.99. The first-order chi connectivity index (χ1) is 14.4. The van der Waals surface area contributed by atoms with Crippen LogP contribution < -0.4 is 16.0 Å². The van der Waals surface area contributed by atoms with E-state index < -0.39 is 18.1 Å². The highest BCUT2D eigenvalue weighted by molar-refractivity contribution is 6.40. The molecule has 1 aromatic carbocycles. The van der Waals surface area contributed by atoms with Crippen LogP contribution in [0.5, 0.6) is 0 Å². The lowest BCUT2D eigenvalue weighted by Crippen LogP contribution is -2.29. The lowest BCUT2D eigenvalue weighted by atomic mass is 10.1. The molecule has 1 aliphatic carbocycles. The Hall–Kier alpha value is -3.24. The number of aliphatic hydroxyl groups is 1. The van der Waals surface area contributed by atoms with Gasteiger partial charge in [0.25, 0.3) is 5.91 Å². The third-order valence-electron chi connectivity index (χ3n) is 4.77. The van der Waals surface area contributed by atoms with Gasteiger partial charge in [-0.2, -0.15) is 9.61 Å². The first-order valence-corrected chi connectivity index (χ1v) is 9.75. The summed E-state index contributed by atoms with van der Waals surface area (Å²) in [5, 5.41) is 23.0. The van der Waals surface area contributed by atoms with Crippen molar-refractivity contribution in [3.8, 4) is 0 Å². The molecule has 5 rings (SSSR count). The number of anilines is 3. The van der Waals surface area contributed by atoms with Gasteiger partial charge in [0.2, 0.25) is 6.35 Å². The number of carbonyl (C=O) groups is 1. The van der Waals surface area contributed by atoms with E-state index in [4.69, 9.17) is 11.6 Å². The molecule has 30 heavy (non-hydrogen) atoms. The van der Waals surface area contributed by atoms with Gasteiger partial charge in [0.05, 0.1) is 6.20 Å². The normalized spacial score (nSPS) is 18.4. The van der Waals surface area contributed by atoms with Crippen molar-refractivity contribution in [3.05, 3.63) is 46.9 Å². The van der Waals surface area contributed by atoms with Gasteiger partial charge < -0.3 is 21.1 Å². The molecular weight excluding hydrogens is 413 g/mol. The van der Waals surface area contributed by atoms with Crippen LogP contribution in [0.4, 0.5) is 21.7 Å². The SMILES string of the molecule is O=C1NC(O)N=C1Cc1cnn2c(NC3CC3)cc(Nc3cc(F)cc(Cl)c3)nc12. The highest BCUT2D eigenvalue weighted by Crippen LogP contribution is 2.29. The summed E-state index contributed by atoms with van der Waals surface area (Å²) in [5.74, 6) is 0.293. The number of carbonyl (C=O) groups excluding carboxylic acids is 1. The van der Waals surface area contributed by atoms with Crippen LogP contribution in [0.1, 0.15) is 18.4 Å². The van der Waals surface area contributed by atoms with Crippen LogP contribution in [0.25, 0.3) is 5.65 Å². The van der Waals surface area contributed by atoms with Crippen LogP contribution in [-0.4, -0.2) is 43.7 Å². The van der Waals surface area contributed by atoms with Gasteiger partial charge in [0.15, 0.2) is 5.65 Å². The van der Waals surface area contributed by atoms with E-state index in [0.717, 1.165) is 18.7 Å². The Labute approximate surface area is 175 Å². The third kappa shape index (κ3) is 3.79. The molecule has 1 aliphatic heterocycles. The van der Waals surface area contributed by atoms with E-state index in [1.807, 2.05) is 0 Å². The lowest BCUT2D eigenvalue weighted by Gasteiger charge is -2.12. The molecule has 11 heteroatoms. The molecule has 1 unspecified atom stereocenters. The van der Waals surface area contributed by atoms with E-state index in [0.29, 0.717) is 28.8 Å². The molecule has 1 amide bonds. The maximum absolute atomic E-state index is 13.7. The van der Waals surface area contributed by atoms with Gasteiger partial charge in [-0.05, 0) is 31.0 Å². The van der Waals surface area contributed by atoms with Crippen LogP contribution in [0.2, 0.25) is 5.02 Å². The Morgan fingerprint density at radius 3 is 2.83 bits per heavy atom. The van der Waals surface area contributed by atoms with Crippen molar-refractivity contribution in [3.63, 3.8) is 0 Å². The van der Waals surface area contributed by atoms with Crippen molar-refractivity contribution < 1.29 is 14.3 Å². The first kappa shape index (κ1) is 18.8. The molecule has 3 aromatic rings. The van der Waals surface area contributed by atoms with E-state index in [1.54, 1.807) is 22.8 Å². The van der Waals surface area contributed by atoms with E-state index in [-0.39, 0.29) is 17.2 Å². The van der Waals surface area contributed by atoms with E-state index in [1.165, 1.54) is 12.1 Å². The van der Waals surface area contributed by atoms with E-state index in [9.17, 15) is 14.3 Å². The number of benzene rings is 1. The Bertz CT molecular complexity index is 1170. The summed E-state index contributed by atoms with van der Waals surface area (Å²) in [6, 6.07) is 6.29. The second-order valence-electron chi connectivity index (χ2n) is 7.23. The van der Waals surface area contributed by atoms with Crippen molar-refractivity contribution in [1.82, 2.24) is 19.9 Å². The summed E-state index contributed by atoms with van der Waals surface area (Å²) in [5.41, 5.74) is 1.84. The zero-order chi connectivity index (χ0) is 20.8. The lowest BCUT2D eigenvalue weighted by molar-refractivity contribution is -0.116. The number of aliphatic hydroxyl groups excluding tert-OH is 1. The molecule has 3 heterocycles. The van der Waals surface area contributed by atoms with E-state index in [2.05, 4.69) is 31.0 Å². The number of hydrogen-bond donors (Lipinski definition) is 4. The van der Waals surface area contributed by atoms with Crippen LogP contribution in [-0.2, 0) is 11.2 Å². The van der Waals surface area contributed by atoms with Crippen molar-refractivity contribution >= 4 is 46.2 Å². The fraction of sp³-hybridized carbons (Fsp3) is 0.263. The molecule has 1 fully saturated rings. The largest absolute Gasteiger partial charge is 0.367 e. The minimum absolute atomic E-state index is 0.164.